The highest BCUT2D eigenvalue weighted by Crippen LogP contribution is 2.24. The highest BCUT2D eigenvalue weighted by Gasteiger charge is 2.24. The minimum atomic E-state index is -1.68. The minimum absolute atomic E-state index is 0.574. The van der Waals surface area contributed by atoms with Crippen molar-refractivity contribution in [1.29, 1.82) is 0 Å². The zero-order valence-electron chi connectivity index (χ0n) is 10.3. The van der Waals surface area contributed by atoms with E-state index in [-0.39, 0.29) is 0 Å². The Bertz CT molecular complexity index is 348. The van der Waals surface area contributed by atoms with Crippen molar-refractivity contribution < 1.29 is 9.09 Å². The Balaban J connectivity index is 2.59. The van der Waals surface area contributed by atoms with E-state index < -0.39 is 8.03 Å². The van der Waals surface area contributed by atoms with Gasteiger partial charge in [0.15, 0.2) is 0 Å². The maximum atomic E-state index is 11.9. The predicted octanol–water partition coefficient (Wildman–Crippen LogP) is 3.68. The molecule has 1 atom stereocenters. The van der Waals surface area contributed by atoms with Gasteiger partial charge in [0, 0.05) is 5.56 Å². The third-order valence-electron chi connectivity index (χ3n) is 2.47. The molecule has 1 aromatic rings. The van der Waals surface area contributed by atoms with Gasteiger partial charge in [-0.15, -0.1) is 4.52 Å². The van der Waals surface area contributed by atoms with Gasteiger partial charge in [0.2, 0.25) is 5.30 Å². The van der Waals surface area contributed by atoms with Crippen LogP contribution in [0.2, 0.25) is 0 Å². The van der Waals surface area contributed by atoms with Gasteiger partial charge in [0.1, 0.15) is 6.61 Å². The molecule has 0 amide bonds. The van der Waals surface area contributed by atoms with Crippen molar-refractivity contribution in [3.63, 3.8) is 0 Å². The molecule has 0 aromatic heterocycles. The molecule has 1 aromatic carbocycles. The highest BCUT2D eigenvalue weighted by molar-refractivity contribution is 7.48. The highest BCUT2D eigenvalue weighted by atomic mass is 31.1. The van der Waals surface area contributed by atoms with E-state index in [1.54, 1.807) is 0 Å². The summed E-state index contributed by atoms with van der Waals surface area (Å²) in [6, 6.07) is 7.79. The summed E-state index contributed by atoms with van der Waals surface area (Å²) in [6.45, 7) is 6.91. The molecule has 1 unspecified atom stereocenters. The van der Waals surface area contributed by atoms with E-state index in [0.717, 1.165) is 23.7 Å². The lowest BCUT2D eigenvalue weighted by Crippen LogP contribution is -2.06. The van der Waals surface area contributed by atoms with Gasteiger partial charge in [-0.1, -0.05) is 39.0 Å². The van der Waals surface area contributed by atoms with Crippen molar-refractivity contribution in [2.45, 2.75) is 33.6 Å². The van der Waals surface area contributed by atoms with Gasteiger partial charge in [0.05, 0.1) is 0 Å². The summed E-state index contributed by atoms with van der Waals surface area (Å²) < 4.78 is 17.3. The van der Waals surface area contributed by atoms with Crippen LogP contribution in [0.25, 0.3) is 0 Å². The average molecular weight is 239 g/mol. The Labute approximate surface area is 98.9 Å². The van der Waals surface area contributed by atoms with Crippen LogP contribution < -0.4 is 5.30 Å². The van der Waals surface area contributed by atoms with Crippen molar-refractivity contribution >= 4 is 13.3 Å². The second kappa shape index (κ2) is 6.78. The Morgan fingerprint density at radius 2 is 2.00 bits per heavy atom. The lowest BCUT2D eigenvalue weighted by atomic mass is 10.2. The first-order chi connectivity index (χ1) is 7.65. The molecule has 0 fully saturated rings. The number of benzene rings is 1. The molecule has 0 aliphatic heterocycles. The summed E-state index contributed by atoms with van der Waals surface area (Å²) in [5.41, 5.74) is 1.12. The van der Waals surface area contributed by atoms with Gasteiger partial charge >= 0.3 is 8.03 Å². The van der Waals surface area contributed by atoms with Gasteiger partial charge < -0.3 is 0 Å². The molecule has 0 aliphatic carbocycles. The normalized spacial score (nSPS) is 11.9. The Morgan fingerprint density at radius 3 is 2.62 bits per heavy atom. The largest absolute Gasteiger partial charge is 0.548 e. The first-order valence-corrected chi connectivity index (χ1v) is 7.01. The molecule has 0 radical (unpaired) electrons. The Morgan fingerprint density at radius 1 is 1.31 bits per heavy atom. The number of aryl methyl sites for hydroxylation is 1. The van der Waals surface area contributed by atoms with Crippen LogP contribution in [0.5, 0.6) is 0 Å². The van der Waals surface area contributed by atoms with Gasteiger partial charge in [-0.2, -0.15) is 0 Å². The average Bonchev–Trinajstić information content (AvgIpc) is 2.28. The molecule has 3 heteroatoms. The first kappa shape index (κ1) is 13.3. The molecule has 0 heterocycles. The molecule has 0 saturated heterocycles. The van der Waals surface area contributed by atoms with E-state index in [4.69, 9.17) is 4.52 Å². The lowest BCUT2D eigenvalue weighted by Gasteiger charge is -1.99. The fourth-order valence-electron chi connectivity index (χ4n) is 1.43. The van der Waals surface area contributed by atoms with E-state index in [1.165, 1.54) is 0 Å². The van der Waals surface area contributed by atoms with Crippen LogP contribution >= 0.6 is 8.03 Å². The molecule has 0 aliphatic rings. The second-order valence-electron chi connectivity index (χ2n) is 4.26. The summed E-state index contributed by atoms with van der Waals surface area (Å²) in [6.07, 6.45) is 1.85. The fourth-order valence-corrected chi connectivity index (χ4v) is 2.51. The van der Waals surface area contributed by atoms with Crippen molar-refractivity contribution in [2.75, 3.05) is 6.61 Å². The van der Waals surface area contributed by atoms with Gasteiger partial charge in [-0.05, 0) is 29.4 Å². The van der Waals surface area contributed by atoms with E-state index in [2.05, 4.69) is 20.8 Å². The third kappa shape index (κ3) is 4.03. The quantitative estimate of drug-likeness (QED) is 0.708. The molecule has 1 rings (SSSR count). The van der Waals surface area contributed by atoms with E-state index in [1.807, 2.05) is 24.3 Å². The van der Waals surface area contributed by atoms with E-state index in [9.17, 15) is 4.57 Å². The van der Waals surface area contributed by atoms with Crippen LogP contribution in [0.3, 0.4) is 0 Å². The summed E-state index contributed by atoms with van der Waals surface area (Å²) in [5.74, 6) is 0.588. The summed E-state index contributed by atoms with van der Waals surface area (Å²) in [4.78, 5) is 0. The fraction of sp³-hybridized carbons (Fsp3) is 0.538. The van der Waals surface area contributed by atoms with E-state index in [0.29, 0.717) is 12.5 Å². The van der Waals surface area contributed by atoms with Crippen molar-refractivity contribution in [2.24, 2.45) is 5.92 Å². The summed E-state index contributed by atoms with van der Waals surface area (Å²) in [7, 11) is -1.68. The second-order valence-corrected chi connectivity index (χ2v) is 5.51. The smallest absolute Gasteiger partial charge is 0.142 e. The van der Waals surface area contributed by atoms with Crippen LogP contribution in [0.4, 0.5) is 0 Å². The van der Waals surface area contributed by atoms with Gasteiger partial charge in [-0.3, -0.25) is 0 Å². The van der Waals surface area contributed by atoms with Crippen LogP contribution in [0, 0.1) is 5.92 Å². The third-order valence-corrected chi connectivity index (χ3v) is 3.72. The SMILES string of the molecule is CCc1ccccc1[P+](=O)OCCC(C)C. The van der Waals surface area contributed by atoms with Crippen molar-refractivity contribution in [3.8, 4) is 0 Å². The Hall–Kier alpha value is -0.720. The zero-order valence-corrected chi connectivity index (χ0v) is 11.2. The van der Waals surface area contributed by atoms with Gasteiger partial charge in [0.25, 0.3) is 0 Å². The van der Waals surface area contributed by atoms with Crippen LogP contribution in [0.1, 0.15) is 32.8 Å². The molecule has 16 heavy (non-hydrogen) atoms. The maximum absolute atomic E-state index is 11.9. The predicted molar refractivity (Wildman–Crippen MR) is 68.5 cm³/mol. The molecule has 0 saturated carbocycles. The van der Waals surface area contributed by atoms with Gasteiger partial charge in [-0.25, -0.2) is 0 Å². The van der Waals surface area contributed by atoms with Crippen molar-refractivity contribution in [1.82, 2.24) is 0 Å². The topological polar surface area (TPSA) is 26.3 Å². The standard InChI is InChI=1S/C13H20O2P/c1-4-12-7-5-6-8-13(12)16(14)15-10-9-11(2)3/h5-8,11H,4,9-10H2,1-3H3/q+1. The molecular weight excluding hydrogens is 219 g/mol. The first-order valence-electron chi connectivity index (χ1n) is 5.83. The van der Waals surface area contributed by atoms with Crippen LogP contribution in [-0.4, -0.2) is 6.61 Å². The number of rotatable bonds is 6. The number of hydrogen-bond acceptors (Lipinski definition) is 2. The molecule has 88 valence electrons. The molecule has 0 bridgehead atoms. The molecular formula is C13H20O2P+. The summed E-state index contributed by atoms with van der Waals surface area (Å²) >= 11 is 0. The van der Waals surface area contributed by atoms with E-state index >= 15 is 0 Å². The molecule has 0 N–H and O–H groups in total. The molecule has 2 nitrogen and oxygen atoms in total. The summed E-state index contributed by atoms with van der Waals surface area (Å²) in [5, 5.41) is 0.851. The molecule has 0 spiro atoms. The van der Waals surface area contributed by atoms with Crippen molar-refractivity contribution in [3.05, 3.63) is 29.8 Å². The van der Waals surface area contributed by atoms with Crippen LogP contribution in [-0.2, 0) is 15.5 Å². The minimum Gasteiger partial charge on any atom is -0.142 e. The lowest BCUT2D eigenvalue weighted by molar-refractivity contribution is 0.305. The Kier molecular flexibility index (Phi) is 5.65. The monoisotopic (exact) mass is 239 g/mol. The van der Waals surface area contributed by atoms with Crippen LogP contribution in [0.15, 0.2) is 24.3 Å². The number of hydrogen-bond donors (Lipinski definition) is 0. The zero-order chi connectivity index (χ0) is 12.0. The maximum Gasteiger partial charge on any atom is 0.548 e.